The van der Waals surface area contributed by atoms with E-state index in [1.54, 1.807) is 25.9 Å². The van der Waals surface area contributed by atoms with Crippen molar-refractivity contribution in [3.05, 3.63) is 54.1 Å². The molecule has 1 aliphatic rings. The van der Waals surface area contributed by atoms with E-state index in [0.29, 0.717) is 5.75 Å². The first-order chi connectivity index (χ1) is 12.9. The van der Waals surface area contributed by atoms with Crippen molar-refractivity contribution in [3.8, 4) is 16.9 Å². The first-order valence-electron chi connectivity index (χ1n) is 8.99. The average Bonchev–Trinajstić information content (AvgIpc) is 2.66. The second-order valence-corrected chi connectivity index (χ2v) is 8.13. The van der Waals surface area contributed by atoms with Crippen molar-refractivity contribution in [2.75, 3.05) is 31.0 Å². The van der Waals surface area contributed by atoms with Crippen molar-refractivity contribution in [1.82, 2.24) is 5.32 Å². The number of fused-ring (bicyclic) bond motifs is 1. The van der Waals surface area contributed by atoms with Gasteiger partial charge in [-0.15, -0.1) is 11.8 Å². The molecule has 2 N–H and O–H groups in total. The van der Waals surface area contributed by atoms with Crippen LogP contribution in [-0.2, 0) is 4.79 Å². The van der Waals surface area contributed by atoms with Gasteiger partial charge in [-0.2, -0.15) is 0 Å². The smallest absolute Gasteiger partial charge is 0.229 e. The molecule has 0 saturated heterocycles. The van der Waals surface area contributed by atoms with Gasteiger partial charge in [-0.3, -0.25) is 4.79 Å². The quantitative estimate of drug-likeness (QED) is 0.776. The van der Waals surface area contributed by atoms with Gasteiger partial charge in [0.1, 0.15) is 5.75 Å². The molecule has 0 aromatic heterocycles. The van der Waals surface area contributed by atoms with Crippen LogP contribution in [0.1, 0.15) is 19.4 Å². The molecule has 5 heteroatoms. The molecule has 0 fully saturated rings. The molecule has 2 aromatic rings. The number of carbonyl (C=O) groups excluding carboxylic acids is 1. The maximum absolute atomic E-state index is 11.6. The number of nitrogens with one attached hydrogen (secondary N) is 2. The summed E-state index contributed by atoms with van der Waals surface area (Å²) in [5.74, 6) is 2.17. The molecule has 0 atom stereocenters. The SMILES string of the molecule is CNC(=O)CSCC1=CC(C)(C)Nc2ccc(-c3ccccc3OC)cc21. The van der Waals surface area contributed by atoms with Crippen molar-refractivity contribution in [3.63, 3.8) is 0 Å². The molecule has 0 bridgehead atoms. The summed E-state index contributed by atoms with van der Waals surface area (Å²) in [6.45, 7) is 4.32. The standard InChI is InChI=1S/C22H26N2O2S/c1-22(2)12-16(13-27-14-21(25)23-3)18-11-15(9-10-19(18)24-22)17-7-5-6-8-20(17)26-4/h5-12,24H,13-14H2,1-4H3,(H,23,25). The molecule has 0 saturated carbocycles. The average molecular weight is 383 g/mol. The maximum atomic E-state index is 11.6. The summed E-state index contributed by atoms with van der Waals surface area (Å²) in [6, 6.07) is 14.5. The van der Waals surface area contributed by atoms with Crippen LogP contribution < -0.4 is 15.4 Å². The molecule has 0 spiro atoms. The molecule has 1 aliphatic heterocycles. The Bertz CT molecular complexity index is 874. The van der Waals surface area contributed by atoms with Crippen LogP contribution >= 0.6 is 11.8 Å². The van der Waals surface area contributed by atoms with Gasteiger partial charge < -0.3 is 15.4 Å². The Morgan fingerprint density at radius 1 is 1.19 bits per heavy atom. The van der Waals surface area contributed by atoms with E-state index in [9.17, 15) is 4.79 Å². The minimum atomic E-state index is -0.123. The van der Waals surface area contributed by atoms with E-state index in [2.05, 4.69) is 54.8 Å². The molecule has 1 heterocycles. The van der Waals surface area contributed by atoms with Gasteiger partial charge in [-0.05, 0) is 43.2 Å². The monoisotopic (exact) mass is 382 g/mol. The number of hydrogen-bond donors (Lipinski definition) is 2. The molecule has 2 aromatic carbocycles. The summed E-state index contributed by atoms with van der Waals surface area (Å²) < 4.78 is 5.53. The molecule has 0 aliphatic carbocycles. The fraction of sp³-hybridized carbons (Fsp3) is 0.318. The first kappa shape index (κ1) is 19.4. The molecule has 27 heavy (non-hydrogen) atoms. The molecule has 142 valence electrons. The van der Waals surface area contributed by atoms with E-state index in [4.69, 9.17) is 4.74 Å². The predicted molar refractivity (Wildman–Crippen MR) is 116 cm³/mol. The Morgan fingerprint density at radius 3 is 2.70 bits per heavy atom. The molecule has 0 unspecified atom stereocenters. The Hall–Kier alpha value is -2.40. The Morgan fingerprint density at radius 2 is 1.96 bits per heavy atom. The van der Waals surface area contributed by atoms with Gasteiger partial charge >= 0.3 is 0 Å². The third kappa shape index (κ3) is 4.48. The molecular weight excluding hydrogens is 356 g/mol. The lowest BCUT2D eigenvalue weighted by Gasteiger charge is -2.32. The fourth-order valence-electron chi connectivity index (χ4n) is 3.31. The number of anilines is 1. The van der Waals surface area contributed by atoms with E-state index in [-0.39, 0.29) is 11.4 Å². The molecular formula is C22H26N2O2S. The lowest BCUT2D eigenvalue weighted by molar-refractivity contribution is -0.118. The number of ether oxygens (including phenoxy) is 1. The van der Waals surface area contributed by atoms with Gasteiger partial charge in [0.05, 0.1) is 18.4 Å². The minimum Gasteiger partial charge on any atom is -0.496 e. The van der Waals surface area contributed by atoms with Crippen molar-refractivity contribution in [1.29, 1.82) is 0 Å². The van der Waals surface area contributed by atoms with Gasteiger partial charge in [-0.1, -0.05) is 30.3 Å². The lowest BCUT2D eigenvalue weighted by atomic mass is 9.89. The molecule has 0 radical (unpaired) electrons. The summed E-state index contributed by atoms with van der Waals surface area (Å²) >= 11 is 1.63. The first-order valence-corrected chi connectivity index (χ1v) is 10.1. The number of methoxy groups -OCH3 is 1. The highest BCUT2D eigenvalue weighted by Gasteiger charge is 2.24. The highest BCUT2D eigenvalue weighted by molar-refractivity contribution is 8.00. The summed E-state index contributed by atoms with van der Waals surface area (Å²) in [4.78, 5) is 11.6. The molecule has 4 nitrogen and oxygen atoms in total. The van der Waals surface area contributed by atoms with Crippen LogP contribution in [0.5, 0.6) is 5.75 Å². The van der Waals surface area contributed by atoms with Crippen molar-refractivity contribution in [2.45, 2.75) is 19.4 Å². The summed E-state index contributed by atoms with van der Waals surface area (Å²) in [5, 5.41) is 6.26. The van der Waals surface area contributed by atoms with Gasteiger partial charge in [-0.25, -0.2) is 0 Å². The third-order valence-corrected chi connectivity index (χ3v) is 5.53. The molecule has 1 amide bonds. The predicted octanol–water partition coefficient (Wildman–Crippen LogP) is 4.43. The Balaban J connectivity index is 1.95. The second-order valence-electron chi connectivity index (χ2n) is 7.14. The zero-order valence-electron chi connectivity index (χ0n) is 16.3. The summed E-state index contributed by atoms with van der Waals surface area (Å²) in [5.41, 5.74) is 5.63. The van der Waals surface area contributed by atoms with Crippen LogP contribution in [0.4, 0.5) is 5.69 Å². The second kappa shape index (κ2) is 8.09. The fourth-order valence-corrected chi connectivity index (χ4v) is 4.20. The van der Waals surface area contributed by atoms with Crippen LogP contribution in [0, 0.1) is 0 Å². The van der Waals surface area contributed by atoms with Crippen LogP contribution in [0.3, 0.4) is 0 Å². The van der Waals surface area contributed by atoms with E-state index in [1.807, 2.05) is 18.2 Å². The number of rotatable bonds is 6. The Kier molecular flexibility index (Phi) is 5.80. The summed E-state index contributed by atoms with van der Waals surface area (Å²) in [6.07, 6.45) is 2.26. The van der Waals surface area contributed by atoms with Gasteiger partial charge in [0, 0.05) is 29.6 Å². The Labute approximate surface area is 165 Å². The van der Waals surface area contributed by atoms with E-state index < -0.39 is 0 Å². The van der Waals surface area contributed by atoms with Crippen LogP contribution in [-0.4, -0.2) is 37.1 Å². The van der Waals surface area contributed by atoms with Crippen molar-refractivity contribution < 1.29 is 9.53 Å². The van der Waals surface area contributed by atoms with Crippen molar-refractivity contribution >= 4 is 28.9 Å². The number of carbonyl (C=O) groups is 1. The maximum Gasteiger partial charge on any atom is 0.229 e. The lowest BCUT2D eigenvalue weighted by Crippen LogP contribution is -2.32. The van der Waals surface area contributed by atoms with Gasteiger partial charge in [0.2, 0.25) is 5.91 Å². The normalized spacial score (nSPS) is 14.6. The van der Waals surface area contributed by atoms with E-state index >= 15 is 0 Å². The van der Waals surface area contributed by atoms with Gasteiger partial charge in [0.25, 0.3) is 0 Å². The summed E-state index contributed by atoms with van der Waals surface area (Å²) in [7, 11) is 3.37. The number of hydrogen-bond acceptors (Lipinski definition) is 4. The van der Waals surface area contributed by atoms with Crippen molar-refractivity contribution in [2.24, 2.45) is 0 Å². The zero-order chi connectivity index (χ0) is 19.4. The van der Waals surface area contributed by atoms with Gasteiger partial charge in [0.15, 0.2) is 0 Å². The minimum absolute atomic E-state index is 0.0526. The molecule has 3 rings (SSSR count). The third-order valence-electron chi connectivity index (χ3n) is 4.54. The van der Waals surface area contributed by atoms with E-state index in [1.165, 1.54) is 11.1 Å². The highest BCUT2D eigenvalue weighted by Crippen LogP contribution is 2.39. The topological polar surface area (TPSA) is 50.4 Å². The largest absolute Gasteiger partial charge is 0.496 e. The van der Waals surface area contributed by atoms with Crippen LogP contribution in [0.25, 0.3) is 16.7 Å². The number of thioether (sulfide) groups is 1. The zero-order valence-corrected chi connectivity index (χ0v) is 17.1. The number of benzene rings is 2. The highest BCUT2D eigenvalue weighted by atomic mass is 32.2. The van der Waals surface area contributed by atoms with E-state index in [0.717, 1.165) is 28.3 Å². The van der Waals surface area contributed by atoms with Crippen LogP contribution in [0.2, 0.25) is 0 Å². The number of para-hydroxylation sites is 1. The number of amides is 1. The van der Waals surface area contributed by atoms with Crippen LogP contribution in [0.15, 0.2) is 48.5 Å².